The van der Waals surface area contributed by atoms with E-state index in [1.807, 2.05) is 6.92 Å². The second kappa shape index (κ2) is 8.78. The van der Waals surface area contributed by atoms with Gasteiger partial charge in [0.15, 0.2) is 17.4 Å². The van der Waals surface area contributed by atoms with Gasteiger partial charge in [0.1, 0.15) is 23.3 Å². The number of aliphatic hydroxyl groups excluding tert-OH is 3. The SMILES string of the molecule is CCC(O)[P+](=O)OC(C)(CC)C[C@H]1OC(n2cnc3c(=N)n(C)cnc32)[C@H](O)[C@@H]1O. The normalized spacial score (nSPS) is 27.9. The summed E-state index contributed by atoms with van der Waals surface area (Å²) in [5.41, 5.74) is -0.0606. The largest absolute Gasteiger partial charge is 0.540 e. The minimum Gasteiger partial charge on any atom is -0.388 e. The molecule has 0 bridgehead atoms. The summed E-state index contributed by atoms with van der Waals surface area (Å²) in [5.74, 6) is -1.07. The molecule has 12 heteroatoms. The molecule has 1 aliphatic heterocycles. The Morgan fingerprint density at radius 3 is 2.67 bits per heavy atom. The van der Waals surface area contributed by atoms with Gasteiger partial charge in [0.2, 0.25) is 0 Å². The molecular formula is C18H29N5O6P+. The van der Waals surface area contributed by atoms with Crippen molar-refractivity contribution in [2.24, 2.45) is 7.05 Å². The van der Waals surface area contributed by atoms with Crippen LogP contribution in [0, 0.1) is 5.41 Å². The van der Waals surface area contributed by atoms with E-state index >= 15 is 0 Å². The van der Waals surface area contributed by atoms with Gasteiger partial charge in [-0.3, -0.25) is 9.98 Å². The number of aryl methyl sites for hydroxylation is 1. The highest BCUT2D eigenvalue weighted by Crippen LogP contribution is 2.42. The predicted octanol–water partition coefficient (Wildman–Crippen LogP) is 0.915. The first-order valence-electron chi connectivity index (χ1n) is 9.89. The highest BCUT2D eigenvalue weighted by atomic mass is 31.1. The van der Waals surface area contributed by atoms with Crippen LogP contribution in [-0.2, 0) is 20.9 Å². The number of aliphatic hydroxyl groups is 3. The maximum absolute atomic E-state index is 12.2. The van der Waals surface area contributed by atoms with E-state index in [4.69, 9.17) is 14.7 Å². The molecule has 3 heterocycles. The van der Waals surface area contributed by atoms with Crippen LogP contribution in [0.3, 0.4) is 0 Å². The lowest BCUT2D eigenvalue weighted by atomic mass is 9.93. The standard InChI is InChI=1S/C18H29N5O6P/c1-5-11(24)30(27)29-18(3,6-2)7-10-13(25)14(26)17(28-10)23-9-20-12-15(19)22(4)8-21-16(12)23/h8-11,13-14,17,19,24-26H,5-7H2,1-4H3/q+1/t10-,11?,13-,14-,17?,18?/m1/s1. The number of nitrogens with one attached hydrogen (secondary N) is 1. The predicted molar refractivity (Wildman–Crippen MR) is 107 cm³/mol. The lowest BCUT2D eigenvalue weighted by molar-refractivity contribution is -0.0629. The monoisotopic (exact) mass is 442 g/mol. The van der Waals surface area contributed by atoms with Crippen LogP contribution in [0.25, 0.3) is 11.2 Å². The molecule has 30 heavy (non-hydrogen) atoms. The number of hydrogen-bond acceptors (Lipinski definition) is 9. The van der Waals surface area contributed by atoms with Crippen LogP contribution in [0.2, 0.25) is 0 Å². The molecule has 3 rings (SSSR count). The van der Waals surface area contributed by atoms with E-state index in [-0.39, 0.29) is 11.9 Å². The van der Waals surface area contributed by atoms with Crippen molar-refractivity contribution in [1.29, 1.82) is 5.41 Å². The van der Waals surface area contributed by atoms with Crippen LogP contribution in [0.4, 0.5) is 0 Å². The Morgan fingerprint density at radius 2 is 2.03 bits per heavy atom. The van der Waals surface area contributed by atoms with Gasteiger partial charge in [-0.2, -0.15) is 0 Å². The summed E-state index contributed by atoms with van der Waals surface area (Å²) in [4.78, 5) is 8.46. The van der Waals surface area contributed by atoms with Gasteiger partial charge in [-0.25, -0.2) is 9.97 Å². The summed E-state index contributed by atoms with van der Waals surface area (Å²) in [6.07, 6.45) is -0.413. The van der Waals surface area contributed by atoms with Gasteiger partial charge >= 0.3 is 8.03 Å². The Morgan fingerprint density at radius 1 is 1.33 bits per heavy atom. The number of hydrogen-bond donors (Lipinski definition) is 4. The second-order valence-electron chi connectivity index (χ2n) is 7.85. The summed E-state index contributed by atoms with van der Waals surface area (Å²) < 4.78 is 26.8. The number of fused-ring (bicyclic) bond motifs is 1. The Hall–Kier alpha value is -1.75. The molecule has 0 radical (unpaired) electrons. The number of nitrogens with zero attached hydrogens (tertiary/aromatic N) is 4. The molecule has 2 aromatic heterocycles. The van der Waals surface area contributed by atoms with Crippen LogP contribution in [0.1, 0.15) is 46.3 Å². The number of rotatable bonds is 8. The van der Waals surface area contributed by atoms with E-state index in [0.29, 0.717) is 24.0 Å². The molecule has 11 nitrogen and oxygen atoms in total. The molecule has 7 atom stereocenters. The van der Waals surface area contributed by atoms with E-state index in [2.05, 4.69) is 9.97 Å². The van der Waals surface area contributed by atoms with Gasteiger partial charge in [-0.1, -0.05) is 13.8 Å². The van der Waals surface area contributed by atoms with Gasteiger partial charge in [-0.05, 0) is 17.9 Å². The molecule has 4 N–H and O–H groups in total. The van der Waals surface area contributed by atoms with E-state index in [9.17, 15) is 19.9 Å². The average molecular weight is 442 g/mol. The third kappa shape index (κ3) is 4.18. The van der Waals surface area contributed by atoms with Gasteiger partial charge in [0, 0.05) is 19.9 Å². The van der Waals surface area contributed by atoms with Crippen LogP contribution < -0.4 is 5.49 Å². The van der Waals surface area contributed by atoms with Gasteiger partial charge in [0.05, 0.1) is 18.8 Å². The zero-order valence-corrected chi connectivity index (χ0v) is 18.4. The molecule has 4 unspecified atom stereocenters. The van der Waals surface area contributed by atoms with Crippen molar-refractivity contribution < 1.29 is 29.1 Å². The maximum Gasteiger partial charge on any atom is 0.540 e. The summed E-state index contributed by atoms with van der Waals surface area (Å²) in [6, 6.07) is 0. The first-order valence-corrected chi connectivity index (χ1v) is 11.1. The first kappa shape index (κ1) is 22.9. The molecule has 166 valence electrons. The third-order valence-corrected chi connectivity index (χ3v) is 7.08. The van der Waals surface area contributed by atoms with E-state index < -0.39 is 44.0 Å². The quantitative estimate of drug-likeness (QED) is 0.440. The highest BCUT2D eigenvalue weighted by Gasteiger charge is 2.49. The van der Waals surface area contributed by atoms with Crippen molar-refractivity contribution in [2.45, 2.75) is 76.0 Å². The summed E-state index contributed by atoms with van der Waals surface area (Å²) in [7, 11) is -0.620. The van der Waals surface area contributed by atoms with Crippen LogP contribution in [0.15, 0.2) is 12.7 Å². The van der Waals surface area contributed by atoms with Crippen molar-refractivity contribution in [1.82, 2.24) is 19.1 Å². The molecule has 1 aliphatic rings. The molecule has 1 saturated heterocycles. The van der Waals surface area contributed by atoms with Crippen molar-refractivity contribution in [3.8, 4) is 0 Å². The lowest BCUT2D eigenvalue weighted by Crippen LogP contribution is -2.38. The number of ether oxygens (including phenoxy) is 1. The summed E-state index contributed by atoms with van der Waals surface area (Å²) in [6.45, 7) is 5.29. The van der Waals surface area contributed by atoms with Gasteiger partial charge < -0.3 is 24.6 Å². The lowest BCUT2D eigenvalue weighted by Gasteiger charge is -2.26. The topological polar surface area (TPSA) is 156 Å². The second-order valence-corrected chi connectivity index (χ2v) is 9.20. The molecular weight excluding hydrogens is 413 g/mol. The van der Waals surface area contributed by atoms with Crippen molar-refractivity contribution in [2.75, 3.05) is 0 Å². The Bertz CT molecular complexity index is 980. The minimum absolute atomic E-state index is 0.161. The van der Waals surface area contributed by atoms with Gasteiger partial charge in [0.25, 0.3) is 5.85 Å². The Balaban J connectivity index is 1.82. The Labute approximate surface area is 174 Å². The third-order valence-electron chi connectivity index (χ3n) is 5.61. The fourth-order valence-corrected chi connectivity index (χ4v) is 4.49. The summed E-state index contributed by atoms with van der Waals surface area (Å²) in [5, 5.41) is 39.1. The fraction of sp³-hybridized carbons (Fsp3) is 0.722. The zero-order valence-electron chi connectivity index (χ0n) is 17.5. The maximum atomic E-state index is 12.2. The first-order chi connectivity index (χ1) is 14.1. The molecule has 0 aromatic carbocycles. The van der Waals surface area contributed by atoms with E-state index in [1.54, 1.807) is 20.9 Å². The van der Waals surface area contributed by atoms with Crippen molar-refractivity contribution in [3.63, 3.8) is 0 Å². The van der Waals surface area contributed by atoms with Crippen LogP contribution in [-0.4, -0.2) is 64.2 Å². The minimum atomic E-state index is -2.30. The highest BCUT2D eigenvalue weighted by molar-refractivity contribution is 7.39. The molecule has 0 saturated carbocycles. The van der Waals surface area contributed by atoms with Crippen LogP contribution in [0.5, 0.6) is 0 Å². The number of imidazole rings is 1. The molecule has 0 aliphatic carbocycles. The van der Waals surface area contributed by atoms with Crippen LogP contribution >= 0.6 is 8.03 Å². The molecule has 1 fully saturated rings. The Kier molecular flexibility index (Phi) is 6.71. The summed E-state index contributed by atoms with van der Waals surface area (Å²) >= 11 is 0. The van der Waals surface area contributed by atoms with Crippen molar-refractivity contribution in [3.05, 3.63) is 18.1 Å². The smallest absolute Gasteiger partial charge is 0.388 e. The van der Waals surface area contributed by atoms with Crippen molar-refractivity contribution >= 4 is 19.2 Å². The van der Waals surface area contributed by atoms with Gasteiger partial charge in [-0.15, -0.1) is 4.52 Å². The zero-order chi connectivity index (χ0) is 22.2. The average Bonchev–Trinajstić information content (AvgIpc) is 3.26. The molecule has 0 amide bonds. The number of aromatic nitrogens is 4. The molecule has 0 spiro atoms. The molecule has 2 aromatic rings. The van der Waals surface area contributed by atoms with E-state index in [1.165, 1.54) is 21.8 Å². The van der Waals surface area contributed by atoms with E-state index in [0.717, 1.165) is 0 Å². The fourth-order valence-electron chi connectivity index (χ4n) is 3.43.